The Hall–Kier alpha value is -0.814. The average molecular weight is 396 g/mol. The van der Waals surface area contributed by atoms with Gasteiger partial charge in [-0.3, -0.25) is 20.0 Å². The van der Waals surface area contributed by atoms with Crippen molar-refractivity contribution in [2.24, 2.45) is 20.0 Å². The second kappa shape index (κ2) is 11.7. The standard InChI is InChI=1S/2C10H20N2.Co/c2*1-9(2,3)11-7-8-12-10(4,5)6;/h2*7-8H,1-6H3;. The maximum absolute atomic E-state index is 4.29. The van der Waals surface area contributed by atoms with Crippen LogP contribution in [-0.4, -0.2) is 47.0 Å². The predicted molar refractivity (Wildman–Crippen MR) is 113 cm³/mol. The van der Waals surface area contributed by atoms with Crippen molar-refractivity contribution in [3.8, 4) is 0 Å². The number of hydrogen-bond donors (Lipinski definition) is 0. The van der Waals surface area contributed by atoms with Crippen LogP contribution in [0.5, 0.6) is 0 Å². The van der Waals surface area contributed by atoms with Crippen LogP contribution in [-0.2, 0) is 16.8 Å². The van der Waals surface area contributed by atoms with Crippen molar-refractivity contribution in [2.45, 2.75) is 105 Å². The predicted octanol–water partition coefficient (Wildman–Crippen LogP) is 5.45. The van der Waals surface area contributed by atoms with E-state index < -0.39 is 0 Å². The largest absolute Gasteiger partial charge is 0.286 e. The van der Waals surface area contributed by atoms with E-state index in [1.165, 1.54) is 0 Å². The Kier molecular flexibility index (Phi) is 13.6. The van der Waals surface area contributed by atoms with E-state index in [1.807, 2.05) is 0 Å². The Bertz CT molecular complexity index is 360. The summed E-state index contributed by atoms with van der Waals surface area (Å²) in [4.78, 5) is 17.1. The van der Waals surface area contributed by atoms with Gasteiger partial charge in [-0.15, -0.1) is 0 Å². The molecule has 0 fully saturated rings. The van der Waals surface area contributed by atoms with Gasteiger partial charge in [0, 0.05) is 41.6 Å². The Morgan fingerprint density at radius 2 is 0.480 bits per heavy atom. The van der Waals surface area contributed by atoms with Crippen LogP contribution in [0, 0.1) is 0 Å². The summed E-state index contributed by atoms with van der Waals surface area (Å²) in [6.07, 6.45) is 7.08. The molecule has 0 bridgehead atoms. The zero-order chi connectivity index (χ0) is 19.7. The molecule has 0 heterocycles. The molecule has 0 atom stereocenters. The number of rotatable bonds is 2. The first-order valence-corrected chi connectivity index (χ1v) is 8.59. The van der Waals surface area contributed by atoms with Gasteiger partial charge in [-0.2, -0.15) is 0 Å². The van der Waals surface area contributed by atoms with Crippen LogP contribution in [0.25, 0.3) is 0 Å². The van der Waals surface area contributed by atoms with Gasteiger partial charge >= 0.3 is 0 Å². The van der Waals surface area contributed by atoms with E-state index in [9.17, 15) is 0 Å². The summed E-state index contributed by atoms with van der Waals surface area (Å²) >= 11 is 0. The minimum absolute atomic E-state index is 0. The van der Waals surface area contributed by atoms with Crippen LogP contribution in [0.15, 0.2) is 20.0 Å². The van der Waals surface area contributed by atoms with Crippen LogP contribution in [0.3, 0.4) is 0 Å². The second-order valence-electron chi connectivity index (χ2n) is 9.80. The van der Waals surface area contributed by atoms with Crippen LogP contribution in [0.4, 0.5) is 0 Å². The molecule has 0 N–H and O–H groups in total. The molecule has 0 unspecified atom stereocenters. The summed E-state index contributed by atoms with van der Waals surface area (Å²) in [5.74, 6) is 0. The summed E-state index contributed by atoms with van der Waals surface area (Å²) in [5.41, 5.74) is 0.0155. The minimum Gasteiger partial charge on any atom is -0.286 e. The Labute approximate surface area is 167 Å². The van der Waals surface area contributed by atoms with Gasteiger partial charge in [0.15, 0.2) is 0 Å². The molecule has 0 rings (SSSR count). The van der Waals surface area contributed by atoms with Gasteiger partial charge in [0.25, 0.3) is 0 Å². The maximum Gasteiger partial charge on any atom is 0.0524 e. The smallest absolute Gasteiger partial charge is 0.0524 e. The molecule has 0 amide bonds. The van der Waals surface area contributed by atoms with Crippen molar-refractivity contribution in [3.63, 3.8) is 0 Å². The summed E-state index contributed by atoms with van der Waals surface area (Å²) < 4.78 is 0. The summed E-state index contributed by atoms with van der Waals surface area (Å²) in [5, 5.41) is 0. The summed E-state index contributed by atoms with van der Waals surface area (Å²) in [7, 11) is 0. The van der Waals surface area contributed by atoms with Crippen molar-refractivity contribution >= 4 is 24.9 Å². The van der Waals surface area contributed by atoms with E-state index in [0.717, 1.165) is 0 Å². The van der Waals surface area contributed by atoms with Crippen LogP contribution < -0.4 is 0 Å². The summed E-state index contributed by atoms with van der Waals surface area (Å²) in [6.45, 7) is 24.8. The number of nitrogens with zero attached hydrogens (tertiary/aromatic N) is 4. The van der Waals surface area contributed by atoms with Gasteiger partial charge in [-0.25, -0.2) is 0 Å². The molecule has 4 nitrogen and oxygen atoms in total. The van der Waals surface area contributed by atoms with Crippen molar-refractivity contribution in [2.75, 3.05) is 0 Å². The summed E-state index contributed by atoms with van der Waals surface area (Å²) in [6, 6.07) is 0. The van der Waals surface area contributed by atoms with Gasteiger partial charge < -0.3 is 0 Å². The molecular formula is C20H40CoN4. The third-order valence-electron chi connectivity index (χ3n) is 1.98. The SMILES string of the molecule is CC(C)(C)N=CC=NC(C)(C)C.CC(C)(C)N=CC=NC(C)(C)C.[Co]. The van der Waals surface area contributed by atoms with E-state index in [1.54, 1.807) is 24.9 Å². The second-order valence-corrected chi connectivity index (χ2v) is 9.80. The molecule has 1 radical (unpaired) electrons. The van der Waals surface area contributed by atoms with Crippen LogP contribution in [0.1, 0.15) is 83.1 Å². The fourth-order valence-electron chi connectivity index (χ4n) is 1.03. The molecule has 5 heteroatoms. The number of aliphatic imine (C=N–C) groups is 4. The molecule has 0 aliphatic carbocycles. The minimum atomic E-state index is 0. The number of hydrogen-bond acceptors (Lipinski definition) is 4. The van der Waals surface area contributed by atoms with Crippen LogP contribution in [0.2, 0.25) is 0 Å². The molecule has 0 aliphatic heterocycles. The molecule has 0 aliphatic rings. The van der Waals surface area contributed by atoms with Gasteiger partial charge in [-0.1, -0.05) is 0 Å². The van der Waals surface area contributed by atoms with Crippen molar-refractivity contribution in [1.82, 2.24) is 0 Å². The monoisotopic (exact) mass is 395 g/mol. The van der Waals surface area contributed by atoms with Gasteiger partial charge in [0.2, 0.25) is 0 Å². The van der Waals surface area contributed by atoms with E-state index in [2.05, 4.69) is 103 Å². The first-order valence-electron chi connectivity index (χ1n) is 8.59. The molecule has 0 aromatic carbocycles. The zero-order valence-electron chi connectivity index (χ0n) is 18.4. The molecular weight excluding hydrogens is 355 g/mol. The third-order valence-corrected chi connectivity index (χ3v) is 1.98. The first kappa shape index (κ1) is 29.0. The van der Waals surface area contributed by atoms with Crippen molar-refractivity contribution in [3.05, 3.63) is 0 Å². The van der Waals surface area contributed by atoms with Gasteiger partial charge in [0.1, 0.15) is 0 Å². The molecule has 0 aromatic heterocycles. The van der Waals surface area contributed by atoms with Crippen LogP contribution >= 0.6 is 0 Å². The topological polar surface area (TPSA) is 49.4 Å². The average Bonchev–Trinajstić information content (AvgIpc) is 2.27. The Balaban J connectivity index is -0.000000372. The maximum atomic E-state index is 4.29. The molecule has 0 saturated carbocycles. The fourth-order valence-corrected chi connectivity index (χ4v) is 1.03. The Morgan fingerprint density at radius 1 is 0.360 bits per heavy atom. The molecule has 25 heavy (non-hydrogen) atoms. The molecule has 149 valence electrons. The quantitative estimate of drug-likeness (QED) is 0.559. The fraction of sp³-hybridized carbons (Fsp3) is 0.800. The first-order chi connectivity index (χ1) is 10.4. The van der Waals surface area contributed by atoms with Gasteiger partial charge in [0.05, 0.1) is 22.2 Å². The van der Waals surface area contributed by atoms with E-state index >= 15 is 0 Å². The molecule has 0 aromatic rings. The van der Waals surface area contributed by atoms with Gasteiger partial charge in [-0.05, 0) is 83.1 Å². The van der Waals surface area contributed by atoms with Crippen molar-refractivity contribution in [1.29, 1.82) is 0 Å². The molecule has 0 saturated heterocycles. The Morgan fingerprint density at radius 3 is 0.560 bits per heavy atom. The third kappa shape index (κ3) is 35.2. The van der Waals surface area contributed by atoms with Crippen molar-refractivity contribution < 1.29 is 16.8 Å². The normalized spacial score (nSPS) is 14.2. The van der Waals surface area contributed by atoms with E-state index in [-0.39, 0.29) is 38.9 Å². The van der Waals surface area contributed by atoms with E-state index in [0.29, 0.717) is 0 Å². The zero-order valence-corrected chi connectivity index (χ0v) is 19.5. The molecule has 0 spiro atoms. The van der Waals surface area contributed by atoms with E-state index in [4.69, 9.17) is 0 Å².